The summed E-state index contributed by atoms with van der Waals surface area (Å²) in [6.45, 7) is 0.753. The third-order valence-corrected chi connectivity index (χ3v) is 8.93. The van der Waals surface area contributed by atoms with Gasteiger partial charge in [-0.25, -0.2) is 4.79 Å². The minimum absolute atomic E-state index is 0.200. The van der Waals surface area contributed by atoms with Gasteiger partial charge in [-0.1, -0.05) is 25.1 Å². The molecule has 3 heterocycles. The number of rotatable bonds is 4. The third-order valence-electron chi connectivity index (χ3n) is 8.93. The van der Waals surface area contributed by atoms with Crippen LogP contribution in [0.1, 0.15) is 30.1 Å². The van der Waals surface area contributed by atoms with Gasteiger partial charge in [0.15, 0.2) is 0 Å². The SMILES string of the molecule is CC12CC3OC(=O)C4(COC(=O)c5ccccc5)C3CC41O[C@@H]1[C@@H](O)[C@H](O)[C@@H](CO)O[C@@]12O. The second-order valence-electron chi connectivity index (χ2n) is 10.1. The van der Waals surface area contributed by atoms with Crippen molar-refractivity contribution < 1.29 is 49.0 Å². The van der Waals surface area contributed by atoms with Gasteiger partial charge in [0.1, 0.15) is 48.1 Å². The number of hydrogen-bond acceptors (Lipinski definition) is 10. The quantitative estimate of drug-likeness (QED) is 0.415. The van der Waals surface area contributed by atoms with Gasteiger partial charge in [-0.2, -0.15) is 0 Å². The molecule has 10 atom stereocenters. The molecule has 4 N–H and O–H groups in total. The lowest BCUT2D eigenvalue weighted by Gasteiger charge is -2.67. The molecule has 3 aliphatic heterocycles. The molecule has 6 fully saturated rings. The second kappa shape index (κ2) is 6.53. The average Bonchev–Trinajstić information content (AvgIpc) is 3.12. The number of carbonyl (C=O) groups is 2. The summed E-state index contributed by atoms with van der Waals surface area (Å²) in [6, 6.07) is 8.37. The minimum Gasteiger partial charge on any atom is -0.461 e. The van der Waals surface area contributed by atoms with E-state index in [0.717, 1.165) is 0 Å². The van der Waals surface area contributed by atoms with Gasteiger partial charge < -0.3 is 39.4 Å². The highest BCUT2D eigenvalue weighted by molar-refractivity contribution is 5.90. The lowest BCUT2D eigenvalue weighted by Crippen LogP contribution is -2.79. The molecule has 6 aliphatic rings. The monoisotopic (exact) mass is 462 g/mol. The fourth-order valence-electron chi connectivity index (χ4n) is 7.18. The summed E-state index contributed by atoms with van der Waals surface area (Å²) in [5.41, 5.74) is -3.65. The number of carbonyl (C=O) groups excluding carboxylic acids is 2. The number of hydrogen-bond donors (Lipinski definition) is 4. The van der Waals surface area contributed by atoms with E-state index in [1.807, 2.05) is 0 Å². The first-order chi connectivity index (χ1) is 15.6. The number of benzene rings is 1. The van der Waals surface area contributed by atoms with E-state index in [2.05, 4.69) is 0 Å². The van der Waals surface area contributed by atoms with Crippen LogP contribution in [0.5, 0.6) is 0 Å². The second-order valence-corrected chi connectivity index (χ2v) is 10.1. The van der Waals surface area contributed by atoms with E-state index in [1.54, 1.807) is 37.3 Å². The van der Waals surface area contributed by atoms with Crippen LogP contribution in [-0.4, -0.2) is 87.5 Å². The predicted octanol–water partition coefficient (Wildman–Crippen LogP) is -0.876. The molecule has 178 valence electrons. The molecule has 3 saturated heterocycles. The van der Waals surface area contributed by atoms with Crippen LogP contribution in [0, 0.1) is 16.7 Å². The Hall–Kier alpha value is -2.08. The largest absolute Gasteiger partial charge is 0.461 e. The Morgan fingerprint density at radius 2 is 1.88 bits per heavy atom. The van der Waals surface area contributed by atoms with Crippen LogP contribution >= 0.6 is 0 Å². The Morgan fingerprint density at radius 1 is 1.15 bits per heavy atom. The van der Waals surface area contributed by atoms with Gasteiger partial charge in [0.2, 0.25) is 5.79 Å². The summed E-state index contributed by atoms with van der Waals surface area (Å²) < 4.78 is 23.3. The van der Waals surface area contributed by atoms with Gasteiger partial charge in [-0.3, -0.25) is 4.79 Å². The van der Waals surface area contributed by atoms with Crippen LogP contribution in [-0.2, 0) is 23.7 Å². The summed E-state index contributed by atoms with van der Waals surface area (Å²) in [5.74, 6) is -3.58. The van der Waals surface area contributed by atoms with Gasteiger partial charge in [0, 0.05) is 5.92 Å². The van der Waals surface area contributed by atoms with Crippen LogP contribution in [0.2, 0.25) is 0 Å². The maximum absolute atomic E-state index is 13.3. The predicted molar refractivity (Wildman–Crippen MR) is 106 cm³/mol. The van der Waals surface area contributed by atoms with Crippen LogP contribution in [0.4, 0.5) is 0 Å². The van der Waals surface area contributed by atoms with Gasteiger partial charge in [0.05, 0.1) is 17.6 Å². The van der Waals surface area contributed by atoms with Crippen molar-refractivity contribution in [2.75, 3.05) is 13.2 Å². The third kappa shape index (κ3) is 2.20. The zero-order valence-electron chi connectivity index (χ0n) is 17.9. The number of aliphatic hydroxyl groups is 4. The summed E-state index contributed by atoms with van der Waals surface area (Å²) in [4.78, 5) is 25.9. The van der Waals surface area contributed by atoms with E-state index >= 15 is 0 Å². The highest BCUT2D eigenvalue weighted by atomic mass is 16.7. The molecule has 1 spiro atoms. The Bertz CT molecular complexity index is 1020. The van der Waals surface area contributed by atoms with E-state index in [1.165, 1.54) is 0 Å². The van der Waals surface area contributed by atoms with E-state index < -0.39 is 71.3 Å². The van der Waals surface area contributed by atoms with Gasteiger partial charge in [0.25, 0.3) is 0 Å². The molecule has 1 aromatic rings. The van der Waals surface area contributed by atoms with Crippen LogP contribution in [0.3, 0.4) is 0 Å². The molecule has 4 bridgehead atoms. The fourth-order valence-corrected chi connectivity index (χ4v) is 7.18. The lowest BCUT2D eigenvalue weighted by atomic mass is 9.36. The highest BCUT2D eigenvalue weighted by Crippen LogP contribution is 2.80. The molecular formula is C23H26O10. The normalized spacial score (nSPS) is 51.2. The molecule has 3 aliphatic carbocycles. The zero-order chi connectivity index (χ0) is 23.4. The molecule has 7 rings (SSSR count). The molecule has 10 heteroatoms. The van der Waals surface area contributed by atoms with Crippen LogP contribution in [0.15, 0.2) is 30.3 Å². The summed E-state index contributed by atoms with van der Waals surface area (Å²) in [6.07, 6.45) is -5.68. The van der Waals surface area contributed by atoms with Crippen molar-refractivity contribution in [2.24, 2.45) is 16.7 Å². The highest BCUT2D eigenvalue weighted by Gasteiger charge is 2.93. The lowest BCUT2D eigenvalue weighted by molar-refractivity contribution is -0.361. The van der Waals surface area contributed by atoms with E-state index in [9.17, 15) is 30.0 Å². The van der Waals surface area contributed by atoms with Crippen molar-refractivity contribution in [3.63, 3.8) is 0 Å². The Kier molecular flexibility index (Phi) is 4.24. The van der Waals surface area contributed by atoms with Gasteiger partial charge >= 0.3 is 11.9 Å². The minimum atomic E-state index is -2.11. The van der Waals surface area contributed by atoms with Crippen molar-refractivity contribution in [1.29, 1.82) is 0 Å². The number of ether oxygens (including phenoxy) is 4. The molecule has 0 amide bonds. The molecular weight excluding hydrogens is 436 g/mol. The smallest absolute Gasteiger partial charge is 0.338 e. The summed E-state index contributed by atoms with van der Waals surface area (Å²) in [7, 11) is 0. The molecule has 33 heavy (non-hydrogen) atoms. The van der Waals surface area contributed by atoms with E-state index in [4.69, 9.17) is 18.9 Å². The molecule has 1 aromatic carbocycles. The van der Waals surface area contributed by atoms with Crippen molar-refractivity contribution in [2.45, 2.75) is 61.7 Å². The Morgan fingerprint density at radius 3 is 2.58 bits per heavy atom. The number of esters is 2. The maximum atomic E-state index is 13.3. The fraction of sp³-hybridized carbons (Fsp3) is 0.652. The van der Waals surface area contributed by atoms with E-state index in [-0.39, 0.29) is 18.9 Å². The van der Waals surface area contributed by atoms with E-state index in [0.29, 0.717) is 12.0 Å². The van der Waals surface area contributed by atoms with Crippen LogP contribution in [0.25, 0.3) is 0 Å². The first kappa shape index (κ1) is 21.5. The Labute approximate surface area is 189 Å². The van der Waals surface area contributed by atoms with Crippen molar-refractivity contribution in [3.8, 4) is 0 Å². The van der Waals surface area contributed by atoms with Gasteiger partial charge in [-0.05, 0) is 25.0 Å². The standard InChI is InChI=1S/C23H26O10/c1-20-8-13-12-7-22(20,33-17-16(26)15(25)14(9-24)32-23(17,20)29)21(12,19(28)31-13)10-30-18(27)11-5-3-2-4-6-11/h2-6,12-17,24-26,29H,7-10H2,1H3/t12?,13?,14-,15-,16+,17-,20?,21?,22?,23+/m1/s1. The average molecular weight is 462 g/mol. The summed E-state index contributed by atoms with van der Waals surface area (Å²) in [5, 5.41) is 42.5. The van der Waals surface area contributed by atoms with Crippen molar-refractivity contribution in [1.82, 2.24) is 0 Å². The first-order valence-corrected chi connectivity index (χ1v) is 11.1. The van der Waals surface area contributed by atoms with Crippen molar-refractivity contribution in [3.05, 3.63) is 35.9 Å². The first-order valence-electron chi connectivity index (χ1n) is 11.1. The van der Waals surface area contributed by atoms with Crippen LogP contribution < -0.4 is 0 Å². The van der Waals surface area contributed by atoms with Crippen molar-refractivity contribution >= 4 is 11.9 Å². The maximum Gasteiger partial charge on any atom is 0.338 e. The molecule has 0 aromatic heterocycles. The van der Waals surface area contributed by atoms with Gasteiger partial charge in [-0.15, -0.1) is 0 Å². The molecule has 3 saturated carbocycles. The number of fused-ring (bicyclic) bond motifs is 1. The Balaban J connectivity index is 1.40. The molecule has 10 nitrogen and oxygen atoms in total. The molecule has 5 unspecified atom stereocenters. The molecule has 0 radical (unpaired) electrons. The zero-order valence-corrected chi connectivity index (χ0v) is 17.9. The topological polar surface area (TPSA) is 152 Å². The number of aliphatic hydroxyl groups excluding tert-OH is 3. The summed E-state index contributed by atoms with van der Waals surface area (Å²) >= 11 is 0.